The SMILES string of the molecule is CC(C)(Cc1ccccc1Cl)NC(=O)CCl. The molecule has 0 radical (unpaired) electrons. The van der Waals surface area contributed by atoms with Crippen LogP contribution in [0, 0.1) is 0 Å². The maximum atomic E-state index is 11.2. The molecule has 0 fully saturated rings. The molecule has 4 heteroatoms. The summed E-state index contributed by atoms with van der Waals surface area (Å²) in [6.07, 6.45) is 0.676. The highest BCUT2D eigenvalue weighted by Crippen LogP contribution is 2.20. The minimum Gasteiger partial charge on any atom is -0.350 e. The zero-order valence-electron chi connectivity index (χ0n) is 9.39. The highest BCUT2D eigenvalue weighted by atomic mass is 35.5. The molecule has 2 nitrogen and oxygen atoms in total. The predicted molar refractivity (Wildman–Crippen MR) is 68.1 cm³/mol. The lowest BCUT2D eigenvalue weighted by molar-refractivity contribution is -0.120. The van der Waals surface area contributed by atoms with Crippen molar-refractivity contribution in [1.82, 2.24) is 5.32 Å². The lowest BCUT2D eigenvalue weighted by Gasteiger charge is -2.26. The van der Waals surface area contributed by atoms with E-state index in [2.05, 4.69) is 5.32 Å². The summed E-state index contributed by atoms with van der Waals surface area (Å²) in [5.41, 5.74) is 0.667. The van der Waals surface area contributed by atoms with Crippen molar-refractivity contribution in [2.75, 3.05) is 5.88 Å². The third-order valence-corrected chi connectivity index (χ3v) is 2.80. The molecular formula is C12H15Cl2NO. The quantitative estimate of drug-likeness (QED) is 0.828. The molecule has 0 aromatic heterocycles. The van der Waals surface area contributed by atoms with Crippen LogP contribution in [0.2, 0.25) is 5.02 Å². The Bertz CT molecular complexity index is 377. The molecule has 0 aliphatic rings. The Hall–Kier alpha value is -0.730. The van der Waals surface area contributed by atoms with E-state index in [1.54, 1.807) is 0 Å². The summed E-state index contributed by atoms with van der Waals surface area (Å²) < 4.78 is 0. The Morgan fingerprint density at radius 1 is 1.38 bits per heavy atom. The van der Waals surface area contributed by atoms with Crippen molar-refractivity contribution < 1.29 is 4.79 Å². The minimum absolute atomic E-state index is 0.0219. The van der Waals surface area contributed by atoms with Crippen LogP contribution in [0.4, 0.5) is 0 Å². The molecule has 0 aliphatic carbocycles. The van der Waals surface area contributed by atoms with Gasteiger partial charge in [0.2, 0.25) is 5.91 Å². The van der Waals surface area contributed by atoms with E-state index in [1.807, 2.05) is 38.1 Å². The number of amides is 1. The van der Waals surface area contributed by atoms with E-state index in [1.165, 1.54) is 0 Å². The highest BCUT2D eigenvalue weighted by molar-refractivity contribution is 6.31. The van der Waals surface area contributed by atoms with E-state index < -0.39 is 0 Å². The number of benzene rings is 1. The Morgan fingerprint density at radius 3 is 2.56 bits per heavy atom. The smallest absolute Gasteiger partial charge is 0.235 e. The second-order valence-electron chi connectivity index (χ2n) is 4.33. The zero-order valence-corrected chi connectivity index (χ0v) is 10.9. The van der Waals surface area contributed by atoms with Gasteiger partial charge in [0, 0.05) is 10.6 Å². The third-order valence-electron chi connectivity index (χ3n) is 2.19. The molecule has 0 atom stereocenters. The number of alkyl halides is 1. The zero-order chi connectivity index (χ0) is 12.2. The average molecular weight is 260 g/mol. The molecule has 1 N–H and O–H groups in total. The van der Waals surface area contributed by atoms with Crippen LogP contribution < -0.4 is 5.32 Å². The lowest BCUT2D eigenvalue weighted by Crippen LogP contribution is -2.45. The first kappa shape index (κ1) is 13.3. The van der Waals surface area contributed by atoms with E-state index in [4.69, 9.17) is 23.2 Å². The van der Waals surface area contributed by atoms with Gasteiger partial charge in [-0.15, -0.1) is 11.6 Å². The highest BCUT2D eigenvalue weighted by Gasteiger charge is 2.21. The number of carbonyl (C=O) groups is 1. The van der Waals surface area contributed by atoms with Gasteiger partial charge in [0.1, 0.15) is 5.88 Å². The maximum absolute atomic E-state index is 11.2. The van der Waals surface area contributed by atoms with E-state index in [0.29, 0.717) is 6.42 Å². The summed E-state index contributed by atoms with van der Waals surface area (Å²) in [5.74, 6) is -0.190. The summed E-state index contributed by atoms with van der Waals surface area (Å²) >= 11 is 11.5. The van der Waals surface area contributed by atoms with Crippen molar-refractivity contribution >= 4 is 29.1 Å². The molecule has 0 saturated heterocycles. The lowest BCUT2D eigenvalue weighted by atomic mass is 9.95. The van der Waals surface area contributed by atoms with E-state index in [-0.39, 0.29) is 17.3 Å². The Kier molecular flexibility index (Phi) is 4.63. The first-order valence-corrected chi connectivity index (χ1v) is 5.96. The Labute approximate surface area is 106 Å². The van der Waals surface area contributed by atoms with Crippen molar-refractivity contribution in [2.24, 2.45) is 0 Å². The van der Waals surface area contributed by atoms with Gasteiger partial charge in [0.25, 0.3) is 0 Å². The standard InChI is InChI=1S/C12H15Cl2NO/c1-12(2,15-11(16)8-13)7-9-5-3-4-6-10(9)14/h3-6H,7-8H2,1-2H3,(H,15,16). The molecule has 1 rings (SSSR count). The molecule has 0 heterocycles. The van der Waals surface area contributed by atoms with Gasteiger partial charge in [0.15, 0.2) is 0 Å². The second kappa shape index (κ2) is 5.55. The molecule has 88 valence electrons. The van der Waals surface area contributed by atoms with Crippen LogP contribution in [0.1, 0.15) is 19.4 Å². The van der Waals surface area contributed by atoms with Crippen molar-refractivity contribution in [2.45, 2.75) is 25.8 Å². The van der Waals surface area contributed by atoms with Crippen LogP contribution in [0.25, 0.3) is 0 Å². The minimum atomic E-state index is -0.350. The van der Waals surface area contributed by atoms with Gasteiger partial charge < -0.3 is 5.32 Å². The summed E-state index contributed by atoms with van der Waals surface area (Å²) in [7, 11) is 0. The van der Waals surface area contributed by atoms with Crippen molar-refractivity contribution in [1.29, 1.82) is 0 Å². The number of hydrogen-bond donors (Lipinski definition) is 1. The molecule has 16 heavy (non-hydrogen) atoms. The van der Waals surface area contributed by atoms with Gasteiger partial charge in [-0.05, 0) is 31.9 Å². The number of halogens is 2. The Balaban J connectivity index is 2.72. The van der Waals surface area contributed by atoms with Crippen LogP contribution in [-0.2, 0) is 11.2 Å². The first-order valence-electron chi connectivity index (χ1n) is 5.05. The number of hydrogen-bond acceptors (Lipinski definition) is 1. The molecule has 1 aromatic rings. The average Bonchev–Trinajstić information content (AvgIpc) is 2.20. The first-order chi connectivity index (χ1) is 7.44. The summed E-state index contributed by atoms with van der Waals surface area (Å²) in [4.78, 5) is 11.2. The van der Waals surface area contributed by atoms with Crippen LogP contribution in [0.5, 0.6) is 0 Å². The molecule has 1 aromatic carbocycles. The van der Waals surface area contributed by atoms with Gasteiger partial charge >= 0.3 is 0 Å². The van der Waals surface area contributed by atoms with Gasteiger partial charge in [-0.3, -0.25) is 4.79 Å². The third kappa shape index (κ3) is 4.03. The topological polar surface area (TPSA) is 29.1 Å². The molecule has 0 aliphatic heterocycles. The fraction of sp³-hybridized carbons (Fsp3) is 0.417. The summed E-state index contributed by atoms with van der Waals surface area (Å²) in [5, 5.41) is 3.57. The fourth-order valence-electron chi connectivity index (χ4n) is 1.57. The molecule has 0 spiro atoms. The van der Waals surface area contributed by atoms with E-state index in [0.717, 1.165) is 10.6 Å². The predicted octanol–water partition coefficient (Wildman–Crippen LogP) is 3.02. The molecule has 0 saturated carbocycles. The second-order valence-corrected chi connectivity index (χ2v) is 5.01. The normalized spacial score (nSPS) is 11.2. The Morgan fingerprint density at radius 2 is 2.00 bits per heavy atom. The maximum Gasteiger partial charge on any atom is 0.235 e. The van der Waals surface area contributed by atoms with Crippen molar-refractivity contribution in [3.63, 3.8) is 0 Å². The van der Waals surface area contributed by atoms with Crippen molar-refractivity contribution in [3.8, 4) is 0 Å². The monoisotopic (exact) mass is 259 g/mol. The summed E-state index contributed by atoms with van der Waals surface area (Å²) in [6, 6.07) is 7.62. The van der Waals surface area contributed by atoms with Gasteiger partial charge in [-0.1, -0.05) is 29.8 Å². The number of nitrogens with one attached hydrogen (secondary N) is 1. The van der Waals surface area contributed by atoms with Crippen LogP contribution in [0.15, 0.2) is 24.3 Å². The van der Waals surface area contributed by atoms with Gasteiger partial charge in [-0.2, -0.15) is 0 Å². The molecule has 0 unspecified atom stereocenters. The number of carbonyl (C=O) groups excluding carboxylic acids is 1. The van der Waals surface area contributed by atoms with E-state index in [9.17, 15) is 4.79 Å². The molecular weight excluding hydrogens is 245 g/mol. The van der Waals surface area contributed by atoms with Crippen LogP contribution in [-0.4, -0.2) is 17.3 Å². The molecule has 1 amide bonds. The largest absolute Gasteiger partial charge is 0.350 e. The van der Waals surface area contributed by atoms with Gasteiger partial charge in [-0.25, -0.2) is 0 Å². The molecule has 0 bridgehead atoms. The summed E-state index contributed by atoms with van der Waals surface area (Å²) in [6.45, 7) is 3.89. The van der Waals surface area contributed by atoms with Crippen LogP contribution >= 0.6 is 23.2 Å². The fourth-order valence-corrected chi connectivity index (χ4v) is 1.84. The van der Waals surface area contributed by atoms with E-state index >= 15 is 0 Å². The number of rotatable bonds is 4. The van der Waals surface area contributed by atoms with Crippen molar-refractivity contribution in [3.05, 3.63) is 34.9 Å². The van der Waals surface area contributed by atoms with Gasteiger partial charge in [0.05, 0.1) is 0 Å². The van der Waals surface area contributed by atoms with Crippen LogP contribution in [0.3, 0.4) is 0 Å².